The molecule has 2 N–H and O–H groups in total. The molecule has 2 atom stereocenters. The number of hydrogen-bond acceptors (Lipinski definition) is 4. The van der Waals surface area contributed by atoms with Crippen LogP contribution in [0.25, 0.3) is 0 Å². The fourth-order valence-electron chi connectivity index (χ4n) is 2.69. The molecule has 0 bridgehead atoms. The Morgan fingerprint density at radius 1 is 1.33 bits per heavy atom. The summed E-state index contributed by atoms with van der Waals surface area (Å²) in [5.41, 5.74) is 0.740. The molecule has 112 valence electrons. The molecule has 1 saturated carbocycles. The van der Waals surface area contributed by atoms with Gasteiger partial charge in [-0.15, -0.1) is 0 Å². The molecule has 0 aromatic heterocycles. The number of carbonyl (C=O) groups is 2. The molecule has 0 aliphatic heterocycles. The van der Waals surface area contributed by atoms with Crippen LogP contribution in [-0.2, 0) is 9.59 Å². The van der Waals surface area contributed by atoms with Crippen LogP contribution in [0.4, 0.5) is 11.4 Å². The summed E-state index contributed by atoms with van der Waals surface area (Å²) in [5.74, 6) is -2.62. The van der Waals surface area contributed by atoms with E-state index in [0.29, 0.717) is 30.5 Å². The van der Waals surface area contributed by atoms with Crippen LogP contribution in [0, 0.1) is 28.9 Å². The number of amides is 1. The highest BCUT2D eigenvalue weighted by molar-refractivity contribution is 5.95. The first kappa shape index (κ1) is 15.0. The molecule has 0 heterocycles. The molecule has 0 saturated heterocycles. The minimum absolute atomic E-state index is 0.0750. The Labute approximate surface area is 121 Å². The Balaban J connectivity index is 2.14. The molecule has 1 amide bonds. The average molecular weight is 292 g/mol. The third kappa shape index (κ3) is 3.18. The number of carbonyl (C=O) groups excluding carboxylic acids is 1. The first-order valence-corrected chi connectivity index (χ1v) is 6.69. The number of hydrogen-bond donors (Lipinski definition) is 2. The van der Waals surface area contributed by atoms with Gasteiger partial charge in [-0.05, 0) is 25.8 Å². The van der Waals surface area contributed by atoms with Gasteiger partial charge in [0.1, 0.15) is 0 Å². The first-order chi connectivity index (χ1) is 9.90. The predicted octanol–water partition coefficient (Wildman–Crippen LogP) is 2.34. The van der Waals surface area contributed by atoms with E-state index in [1.54, 1.807) is 19.1 Å². The summed E-state index contributed by atoms with van der Waals surface area (Å²) in [7, 11) is 0. The molecule has 2 rings (SSSR count). The average Bonchev–Trinajstić information content (AvgIpc) is 2.90. The van der Waals surface area contributed by atoms with Crippen LogP contribution >= 0.6 is 0 Å². The second-order valence-electron chi connectivity index (χ2n) is 5.23. The van der Waals surface area contributed by atoms with Crippen molar-refractivity contribution in [3.8, 4) is 0 Å². The zero-order chi connectivity index (χ0) is 15.6. The molecule has 1 fully saturated rings. The fourth-order valence-corrected chi connectivity index (χ4v) is 2.69. The van der Waals surface area contributed by atoms with Crippen LogP contribution < -0.4 is 5.32 Å². The standard InChI is InChI=1S/C14H16N2O5/c1-8-5-6-9(7-12(8)16(20)21)15-13(17)10-3-2-4-11(10)14(18)19/h5-7,10-11H,2-4H2,1H3,(H,15,17)(H,18,19). The van der Waals surface area contributed by atoms with Crippen LogP contribution in [0.5, 0.6) is 0 Å². The monoisotopic (exact) mass is 292 g/mol. The number of nitro groups is 1. The van der Waals surface area contributed by atoms with Crippen molar-refractivity contribution in [1.82, 2.24) is 0 Å². The molecule has 1 aliphatic rings. The normalized spacial score (nSPS) is 21.0. The highest BCUT2D eigenvalue weighted by atomic mass is 16.6. The van der Waals surface area contributed by atoms with Crippen molar-refractivity contribution < 1.29 is 19.6 Å². The number of nitrogens with zero attached hydrogens (tertiary/aromatic N) is 1. The summed E-state index contributed by atoms with van der Waals surface area (Å²) in [5, 5.41) is 22.5. The molecule has 7 nitrogen and oxygen atoms in total. The number of anilines is 1. The van der Waals surface area contributed by atoms with Gasteiger partial charge in [0.2, 0.25) is 5.91 Å². The Kier molecular flexibility index (Phi) is 4.21. The predicted molar refractivity (Wildman–Crippen MR) is 74.9 cm³/mol. The van der Waals surface area contributed by atoms with E-state index in [9.17, 15) is 19.7 Å². The Bertz CT molecular complexity index is 599. The zero-order valence-electron chi connectivity index (χ0n) is 11.5. The molecule has 21 heavy (non-hydrogen) atoms. The maximum Gasteiger partial charge on any atom is 0.307 e. The lowest BCUT2D eigenvalue weighted by molar-refractivity contribution is -0.385. The number of benzene rings is 1. The van der Waals surface area contributed by atoms with Crippen LogP contribution in [0.15, 0.2) is 18.2 Å². The van der Waals surface area contributed by atoms with E-state index in [4.69, 9.17) is 5.11 Å². The highest BCUT2D eigenvalue weighted by Gasteiger charge is 2.37. The van der Waals surface area contributed by atoms with Gasteiger partial charge in [0.25, 0.3) is 5.69 Å². The van der Waals surface area contributed by atoms with Gasteiger partial charge in [0.15, 0.2) is 0 Å². The number of carboxylic acids is 1. The van der Waals surface area contributed by atoms with Crippen molar-refractivity contribution in [1.29, 1.82) is 0 Å². The first-order valence-electron chi connectivity index (χ1n) is 6.69. The molecule has 2 unspecified atom stereocenters. The van der Waals surface area contributed by atoms with Crippen LogP contribution in [-0.4, -0.2) is 21.9 Å². The molecule has 0 radical (unpaired) electrons. The lowest BCUT2D eigenvalue weighted by Crippen LogP contribution is -2.30. The summed E-state index contributed by atoms with van der Waals surface area (Å²) in [6, 6.07) is 4.42. The number of aliphatic carboxylic acids is 1. The summed E-state index contributed by atoms with van der Waals surface area (Å²) >= 11 is 0. The van der Waals surface area contributed by atoms with Gasteiger partial charge in [-0.1, -0.05) is 12.5 Å². The van der Waals surface area contributed by atoms with E-state index in [2.05, 4.69) is 5.32 Å². The molecular weight excluding hydrogens is 276 g/mol. The van der Waals surface area contributed by atoms with E-state index in [-0.39, 0.29) is 5.69 Å². The van der Waals surface area contributed by atoms with Gasteiger partial charge in [-0.2, -0.15) is 0 Å². The minimum Gasteiger partial charge on any atom is -0.481 e. The zero-order valence-corrected chi connectivity index (χ0v) is 11.5. The lowest BCUT2D eigenvalue weighted by atomic mass is 9.95. The van der Waals surface area contributed by atoms with E-state index >= 15 is 0 Å². The third-order valence-electron chi connectivity index (χ3n) is 3.84. The number of rotatable bonds is 4. The van der Waals surface area contributed by atoms with Gasteiger partial charge in [0.05, 0.1) is 16.8 Å². The van der Waals surface area contributed by atoms with Gasteiger partial charge in [-0.25, -0.2) is 0 Å². The molecule has 1 aromatic rings. The van der Waals surface area contributed by atoms with Crippen molar-refractivity contribution in [2.75, 3.05) is 5.32 Å². The molecule has 7 heteroatoms. The second-order valence-corrected chi connectivity index (χ2v) is 5.23. The number of carboxylic acid groups (broad SMARTS) is 1. The van der Waals surface area contributed by atoms with Crippen molar-refractivity contribution in [2.24, 2.45) is 11.8 Å². The van der Waals surface area contributed by atoms with Gasteiger partial charge < -0.3 is 10.4 Å². The van der Waals surface area contributed by atoms with E-state index in [1.165, 1.54) is 6.07 Å². The van der Waals surface area contributed by atoms with Gasteiger partial charge in [0, 0.05) is 17.3 Å². The molecule has 1 aliphatic carbocycles. The van der Waals surface area contributed by atoms with Crippen molar-refractivity contribution in [2.45, 2.75) is 26.2 Å². The van der Waals surface area contributed by atoms with Crippen molar-refractivity contribution in [3.63, 3.8) is 0 Å². The van der Waals surface area contributed by atoms with Crippen molar-refractivity contribution in [3.05, 3.63) is 33.9 Å². The van der Waals surface area contributed by atoms with Crippen LogP contribution in [0.2, 0.25) is 0 Å². The summed E-state index contributed by atoms with van der Waals surface area (Å²) in [4.78, 5) is 33.6. The Morgan fingerprint density at radius 3 is 2.62 bits per heavy atom. The number of nitrogens with one attached hydrogen (secondary N) is 1. The lowest BCUT2D eigenvalue weighted by Gasteiger charge is -2.15. The summed E-state index contributed by atoms with van der Waals surface area (Å²) < 4.78 is 0. The Hall–Kier alpha value is -2.44. The minimum atomic E-state index is -0.970. The van der Waals surface area contributed by atoms with E-state index < -0.39 is 28.6 Å². The maximum absolute atomic E-state index is 12.2. The number of aryl methyl sites for hydroxylation is 1. The van der Waals surface area contributed by atoms with Gasteiger partial charge in [-0.3, -0.25) is 19.7 Å². The van der Waals surface area contributed by atoms with Crippen molar-refractivity contribution >= 4 is 23.3 Å². The van der Waals surface area contributed by atoms with E-state index in [0.717, 1.165) is 0 Å². The topological polar surface area (TPSA) is 110 Å². The quantitative estimate of drug-likeness (QED) is 0.653. The third-order valence-corrected chi connectivity index (χ3v) is 3.84. The molecule has 0 spiro atoms. The highest BCUT2D eigenvalue weighted by Crippen LogP contribution is 2.33. The smallest absolute Gasteiger partial charge is 0.307 e. The van der Waals surface area contributed by atoms with E-state index in [1.807, 2.05) is 0 Å². The second kappa shape index (κ2) is 5.90. The van der Waals surface area contributed by atoms with Crippen LogP contribution in [0.1, 0.15) is 24.8 Å². The van der Waals surface area contributed by atoms with Crippen LogP contribution in [0.3, 0.4) is 0 Å². The molecule has 1 aromatic carbocycles. The number of nitro benzene ring substituents is 1. The fraction of sp³-hybridized carbons (Fsp3) is 0.429. The molecular formula is C14H16N2O5. The maximum atomic E-state index is 12.2. The van der Waals surface area contributed by atoms with Gasteiger partial charge >= 0.3 is 5.97 Å². The largest absolute Gasteiger partial charge is 0.481 e. The SMILES string of the molecule is Cc1ccc(NC(=O)C2CCCC2C(=O)O)cc1[N+](=O)[O-]. The Morgan fingerprint density at radius 2 is 2.00 bits per heavy atom. The summed E-state index contributed by atoms with van der Waals surface area (Å²) in [6.07, 6.45) is 1.71. The summed E-state index contributed by atoms with van der Waals surface area (Å²) in [6.45, 7) is 1.61.